The number of benzene rings is 1. The van der Waals surface area contributed by atoms with Crippen molar-refractivity contribution in [3.63, 3.8) is 0 Å². The largest absolute Gasteiger partial charge is 0.356 e. The molecule has 0 aliphatic rings. The number of hydrogen-bond donors (Lipinski definition) is 2. The number of nitrogens with one attached hydrogen (secondary N) is 2. The Hall–Kier alpha value is -1.68. The fourth-order valence-corrected chi connectivity index (χ4v) is 3.75. The zero-order valence-corrected chi connectivity index (χ0v) is 21.9. The molecule has 1 aromatic heterocycles. The molecule has 0 aliphatic heterocycles. The highest BCUT2D eigenvalue weighted by Gasteiger charge is 2.17. The number of nitrogens with zero attached hydrogens (tertiary/aromatic N) is 3. The maximum Gasteiger partial charge on any atom is 0.253 e. The summed E-state index contributed by atoms with van der Waals surface area (Å²) >= 11 is 1.71. The van der Waals surface area contributed by atoms with Gasteiger partial charge < -0.3 is 15.5 Å². The lowest BCUT2D eigenvalue weighted by molar-refractivity contribution is 0.0827. The standard InChI is InChI=1S/C22H33N5OS.HI/c1-22(2,3)18-15-29-19(26-18)11-13-25-21(23-4)24-12-10-16-8-7-9-17(14-16)20(28)27(5)6;/h7-9,14-15H,10-13H2,1-6H3,(H2,23,24,25);1H. The maximum atomic E-state index is 12.1. The summed E-state index contributed by atoms with van der Waals surface area (Å²) in [7, 11) is 5.30. The highest BCUT2D eigenvalue weighted by atomic mass is 127. The summed E-state index contributed by atoms with van der Waals surface area (Å²) in [4.78, 5) is 22.7. The summed E-state index contributed by atoms with van der Waals surface area (Å²) in [6.07, 6.45) is 1.69. The number of aromatic nitrogens is 1. The highest BCUT2D eigenvalue weighted by molar-refractivity contribution is 14.0. The van der Waals surface area contributed by atoms with Crippen LogP contribution in [-0.4, -0.2) is 56.0 Å². The van der Waals surface area contributed by atoms with Gasteiger partial charge in [-0.25, -0.2) is 4.98 Å². The predicted octanol–water partition coefficient (Wildman–Crippen LogP) is 3.71. The normalized spacial score (nSPS) is 11.6. The van der Waals surface area contributed by atoms with Crippen molar-refractivity contribution >= 4 is 47.2 Å². The van der Waals surface area contributed by atoms with E-state index in [9.17, 15) is 4.79 Å². The lowest BCUT2D eigenvalue weighted by Crippen LogP contribution is -2.39. The van der Waals surface area contributed by atoms with E-state index in [-0.39, 0.29) is 35.3 Å². The number of rotatable bonds is 7. The Morgan fingerprint density at radius 1 is 1.17 bits per heavy atom. The molecule has 30 heavy (non-hydrogen) atoms. The van der Waals surface area contributed by atoms with Crippen molar-refractivity contribution in [2.75, 3.05) is 34.2 Å². The Labute approximate surface area is 201 Å². The molecule has 8 heteroatoms. The van der Waals surface area contributed by atoms with Crippen molar-refractivity contribution in [1.29, 1.82) is 0 Å². The number of amides is 1. The fraction of sp³-hybridized carbons (Fsp3) is 0.500. The molecule has 6 nitrogen and oxygen atoms in total. The third-order valence-electron chi connectivity index (χ3n) is 4.46. The van der Waals surface area contributed by atoms with Crippen molar-refractivity contribution in [3.8, 4) is 0 Å². The summed E-state index contributed by atoms with van der Waals surface area (Å²) in [6.45, 7) is 8.07. The smallest absolute Gasteiger partial charge is 0.253 e. The minimum Gasteiger partial charge on any atom is -0.356 e. The summed E-state index contributed by atoms with van der Waals surface area (Å²) < 4.78 is 0. The molecule has 0 radical (unpaired) electrons. The lowest BCUT2D eigenvalue weighted by Gasteiger charge is -2.14. The molecule has 0 saturated heterocycles. The second kappa shape index (κ2) is 12.2. The third-order valence-corrected chi connectivity index (χ3v) is 5.37. The van der Waals surface area contributed by atoms with E-state index >= 15 is 0 Å². The van der Waals surface area contributed by atoms with E-state index in [1.807, 2.05) is 24.3 Å². The van der Waals surface area contributed by atoms with Crippen LogP contribution in [0.2, 0.25) is 0 Å². The van der Waals surface area contributed by atoms with E-state index in [1.54, 1.807) is 37.4 Å². The van der Waals surface area contributed by atoms with Crippen LogP contribution in [0.4, 0.5) is 0 Å². The van der Waals surface area contributed by atoms with Crippen LogP contribution >= 0.6 is 35.3 Å². The van der Waals surface area contributed by atoms with Crippen molar-refractivity contribution in [1.82, 2.24) is 20.5 Å². The first-order chi connectivity index (χ1) is 13.7. The lowest BCUT2D eigenvalue weighted by atomic mass is 9.93. The van der Waals surface area contributed by atoms with Gasteiger partial charge in [0.05, 0.1) is 10.7 Å². The van der Waals surface area contributed by atoms with Gasteiger partial charge in [0, 0.05) is 57.0 Å². The minimum atomic E-state index is 0. The summed E-state index contributed by atoms with van der Waals surface area (Å²) in [5.41, 5.74) is 3.08. The van der Waals surface area contributed by atoms with Crippen LogP contribution in [0.15, 0.2) is 34.6 Å². The zero-order chi connectivity index (χ0) is 21.4. The first kappa shape index (κ1) is 26.4. The van der Waals surface area contributed by atoms with Gasteiger partial charge in [0.2, 0.25) is 0 Å². The topological polar surface area (TPSA) is 69.6 Å². The molecule has 0 unspecified atom stereocenters. The quantitative estimate of drug-likeness (QED) is 0.318. The Morgan fingerprint density at radius 2 is 1.83 bits per heavy atom. The molecular weight excluding hydrogens is 509 g/mol. The van der Waals surface area contributed by atoms with E-state index in [0.29, 0.717) is 5.56 Å². The molecule has 0 saturated carbocycles. The number of thiazole rings is 1. The first-order valence-electron chi connectivity index (χ1n) is 9.90. The van der Waals surface area contributed by atoms with Crippen LogP contribution in [0.5, 0.6) is 0 Å². The molecule has 166 valence electrons. The van der Waals surface area contributed by atoms with Crippen molar-refractivity contribution in [2.24, 2.45) is 4.99 Å². The predicted molar refractivity (Wildman–Crippen MR) is 137 cm³/mol. The van der Waals surface area contributed by atoms with Crippen LogP contribution in [0.1, 0.15) is 47.4 Å². The molecule has 0 aliphatic carbocycles. The summed E-state index contributed by atoms with van der Waals surface area (Å²) in [5.74, 6) is 0.798. The van der Waals surface area contributed by atoms with E-state index < -0.39 is 0 Å². The minimum absolute atomic E-state index is 0. The maximum absolute atomic E-state index is 12.1. The molecule has 0 atom stereocenters. The third kappa shape index (κ3) is 8.22. The molecule has 1 heterocycles. The van der Waals surface area contributed by atoms with Gasteiger partial charge in [-0.1, -0.05) is 32.9 Å². The van der Waals surface area contributed by atoms with Crippen molar-refractivity contribution in [2.45, 2.75) is 39.0 Å². The second-order valence-corrected chi connectivity index (χ2v) is 9.14. The van der Waals surface area contributed by atoms with E-state index in [2.05, 4.69) is 41.8 Å². The summed E-state index contributed by atoms with van der Waals surface area (Å²) in [6, 6.07) is 7.78. The van der Waals surface area contributed by atoms with E-state index in [0.717, 1.165) is 48.2 Å². The average Bonchev–Trinajstić information content (AvgIpc) is 3.15. The van der Waals surface area contributed by atoms with Gasteiger partial charge in [0.15, 0.2) is 5.96 Å². The van der Waals surface area contributed by atoms with Crippen LogP contribution in [-0.2, 0) is 18.3 Å². The van der Waals surface area contributed by atoms with Gasteiger partial charge in [-0.2, -0.15) is 0 Å². The zero-order valence-electron chi connectivity index (χ0n) is 18.8. The molecule has 0 spiro atoms. The van der Waals surface area contributed by atoms with Gasteiger partial charge in [-0.15, -0.1) is 35.3 Å². The van der Waals surface area contributed by atoms with Gasteiger partial charge in [0.25, 0.3) is 5.91 Å². The molecule has 2 aromatic rings. The van der Waals surface area contributed by atoms with Gasteiger partial charge in [-0.05, 0) is 24.1 Å². The van der Waals surface area contributed by atoms with Crippen LogP contribution in [0, 0.1) is 0 Å². The number of aliphatic imine (C=N–C) groups is 1. The second-order valence-electron chi connectivity index (χ2n) is 8.20. The number of halogens is 1. The van der Waals surface area contributed by atoms with Gasteiger partial charge in [0.1, 0.15) is 0 Å². The Balaban J connectivity index is 0.00000450. The Bertz CT molecular complexity index is 842. The molecule has 1 amide bonds. The van der Waals surface area contributed by atoms with Crippen molar-refractivity contribution in [3.05, 3.63) is 51.5 Å². The summed E-state index contributed by atoms with van der Waals surface area (Å²) in [5, 5.41) is 9.96. The molecule has 0 fully saturated rings. The molecular formula is C22H34IN5OS. The number of carbonyl (C=O) groups is 1. The molecule has 1 aromatic carbocycles. The molecule has 0 bridgehead atoms. The number of carbonyl (C=O) groups excluding carboxylic acids is 1. The SMILES string of the molecule is CN=C(NCCc1cccc(C(=O)N(C)C)c1)NCCc1nc(C(C)(C)C)cs1.I. The first-order valence-corrected chi connectivity index (χ1v) is 10.8. The van der Waals surface area contributed by atoms with Gasteiger partial charge >= 0.3 is 0 Å². The Morgan fingerprint density at radius 3 is 2.40 bits per heavy atom. The number of hydrogen-bond acceptors (Lipinski definition) is 4. The van der Waals surface area contributed by atoms with Crippen LogP contribution in [0.25, 0.3) is 0 Å². The number of guanidine groups is 1. The van der Waals surface area contributed by atoms with Gasteiger partial charge in [-0.3, -0.25) is 9.79 Å². The fourth-order valence-electron chi connectivity index (χ4n) is 2.72. The van der Waals surface area contributed by atoms with Crippen molar-refractivity contribution < 1.29 is 4.79 Å². The highest BCUT2D eigenvalue weighted by Crippen LogP contribution is 2.23. The molecule has 2 N–H and O–H groups in total. The van der Waals surface area contributed by atoms with Crippen LogP contribution < -0.4 is 10.6 Å². The average molecular weight is 544 g/mol. The van der Waals surface area contributed by atoms with E-state index in [4.69, 9.17) is 4.98 Å². The van der Waals surface area contributed by atoms with Crippen LogP contribution in [0.3, 0.4) is 0 Å². The van der Waals surface area contributed by atoms with E-state index in [1.165, 1.54) is 0 Å². The monoisotopic (exact) mass is 543 g/mol. The Kier molecular flexibility index (Phi) is 10.8. The molecule has 2 rings (SSSR count).